The van der Waals surface area contributed by atoms with E-state index in [1.165, 1.54) is 0 Å². The van der Waals surface area contributed by atoms with Crippen molar-refractivity contribution in [2.24, 2.45) is 0 Å². The molecule has 0 fully saturated rings. The van der Waals surface area contributed by atoms with Crippen molar-refractivity contribution < 1.29 is 4.79 Å². The molecular weight excluding hydrogens is 298 g/mol. The predicted octanol–water partition coefficient (Wildman–Crippen LogP) is 2.11. The van der Waals surface area contributed by atoms with Crippen molar-refractivity contribution >= 4 is 28.8 Å². The van der Waals surface area contributed by atoms with E-state index in [0.29, 0.717) is 18.8 Å². The van der Waals surface area contributed by atoms with E-state index < -0.39 is 0 Å². The van der Waals surface area contributed by atoms with Crippen LogP contribution in [0.5, 0.6) is 0 Å². The van der Waals surface area contributed by atoms with Gasteiger partial charge in [0.1, 0.15) is 0 Å². The third-order valence-electron chi connectivity index (χ3n) is 2.98. The summed E-state index contributed by atoms with van der Waals surface area (Å²) in [5.74, 6) is 0.776. The number of tetrazole rings is 1. The van der Waals surface area contributed by atoms with Crippen LogP contribution in [0.2, 0.25) is 5.02 Å². The number of carbonyl (C=O) groups is 1. The average molecular weight is 314 g/mol. The smallest absolute Gasteiger partial charge is 0.222 e. The van der Waals surface area contributed by atoms with Crippen molar-refractivity contribution in [1.29, 1.82) is 0 Å². The van der Waals surface area contributed by atoms with E-state index in [1.54, 1.807) is 23.3 Å². The summed E-state index contributed by atoms with van der Waals surface area (Å²) in [6.07, 6.45) is 1.20. The summed E-state index contributed by atoms with van der Waals surface area (Å²) in [7, 11) is 1.79. The Morgan fingerprint density at radius 2 is 2.40 bits per heavy atom. The average Bonchev–Trinajstić information content (AvgIpc) is 3.06. The fourth-order valence-electron chi connectivity index (χ4n) is 1.88. The first-order valence-corrected chi connectivity index (χ1v) is 7.52. The number of thiophene rings is 1. The van der Waals surface area contributed by atoms with Gasteiger partial charge in [-0.25, -0.2) is 0 Å². The first-order valence-electron chi connectivity index (χ1n) is 6.26. The highest BCUT2D eigenvalue weighted by Crippen LogP contribution is 2.20. The van der Waals surface area contributed by atoms with Gasteiger partial charge in [-0.2, -0.15) is 5.21 Å². The van der Waals surface area contributed by atoms with Crippen molar-refractivity contribution in [1.82, 2.24) is 25.5 Å². The lowest BCUT2D eigenvalue weighted by atomic mass is 10.1. The molecule has 0 saturated heterocycles. The van der Waals surface area contributed by atoms with Crippen LogP contribution in [0.25, 0.3) is 0 Å². The minimum atomic E-state index is 0.0545. The summed E-state index contributed by atoms with van der Waals surface area (Å²) in [5.41, 5.74) is 0. The second-order valence-corrected chi connectivity index (χ2v) is 6.11. The third-order valence-corrected chi connectivity index (χ3v) is 4.33. The number of carbonyl (C=O) groups excluding carboxylic acids is 1. The molecule has 0 unspecified atom stereocenters. The van der Waals surface area contributed by atoms with Crippen LogP contribution in [0.4, 0.5) is 0 Å². The first kappa shape index (κ1) is 14.9. The molecule has 8 heteroatoms. The molecular formula is C12H16ClN5OS. The van der Waals surface area contributed by atoms with Gasteiger partial charge in [-0.1, -0.05) is 23.7 Å². The van der Waals surface area contributed by atoms with Gasteiger partial charge in [-0.15, -0.1) is 21.5 Å². The highest BCUT2D eigenvalue weighted by Gasteiger charge is 2.16. The molecule has 0 bridgehead atoms. The largest absolute Gasteiger partial charge is 0.345 e. The number of amides is 1. The van der Waals surface area contributed by atoms with Crippen LogP contribution in [0.15, 0.2) is 11.4 Å². The molecule has 6 nitrogen and oxygen atoms in total. The summed E-state index contributed by atoms with van der Waals surface area (Å²) in [5, 5.41) is 16.4. The second kappa shape index (κ2) is 6.81. The van der Waals surface area contributed by atoms with E-state index in [0.717, 1.165) is 16.3 Å². The van der Waals surface area contributed by atoms with E-state index in [-0.39, 0.29) is 11.8 Å². The minimum absolute atomic E-state index is 0.0545. The van der Waals surface area contributed by atoms with E-state index >= 15 is 0 Å². The summed E-state index contributed by atoms with van der Waals surface area (Å²) in [4.78, 5) is 14.9. The molecule has 0 spiro atoms. The molecule has 2 aromatic heterocycles. The number of aryl methyl sites for hydroxylation is 1. The molecule has 0 aliphatic carbocycles. The van der Waals surface area contributed by atoms with Crippen LogP contribution in [0, 0.1) is 0 Å². The van der Waals surface area contributed by atoms with Crippen LogP contribution < -0.4 is 0 Å². The standard InChI is InChI=1S/C12H16ClN5OS/c1-8(12-14-16-17-15-12)6-18(2)11(19)4-3-10-5-9(13)7-20-10/h5,7-8H,3-4,6H2,1-2H3,(H,14,15,16,17)/t8-/m0/s1. The number of hydrogen-bond acceptors (Lipinski definition) is 5. The van der Waals surface area contributed by atoms with Crippen molar-refractivity contribution in [3.8, 4) is 0 Å². The number of hydrogen-bond donors (Lipinski definition) is 1. The SMILES string of the molecule is C[C@@H](CN(C)C(=O)CCc1cc(Cl)cs1)c1nn[nH]n1. The summed E-state index contributed by atoms with van der Waals surface area (Å²) >= 11 is 7.44. The fourth-order valence-corrected chi connectivity index (χ4v) is 2.96. The van der Waals surface area contributed by atoms with Crippen molar-refractivity contribution in [3.05, 3.63) is 27.2 Å². The number of nitrogens with one attached hydrogen (secondary N) is 1. The molecule has 0 aliphatic heterocycles. The Labute approximate surface area is 126 Å². The summed E-state index contributed by atoms with van der Waals surface area (Å²) < 4.78 is 0. The second-order valence-electron chi connectivity index (χ2n) is 4.68. The molecule has 1 amide bonds. The van der Waals surface area contributed by atoms with Gasteiger partial charge in [-0.3, -0.25) is 4.79 Å². The van der Waals surface area contributed by atoms with E-state index in [1.807, 2.05) is 18.4 Å². The van der Waals surface area contributed by atoms with Gasteiger partial charge in [-0.05, 0) is 12.5 Å². The van der Waals surface area contributed by atoms with E-state index in [4.69, 9.17) is 11.6 Å². The first-order chi connectivity index (χ1) is 9.56. The maximum absolute atomic E-state index is 12.1. The Balaban J connectivity index is 1.80. The molecule has 2 heterocycles. The summed E-state index contributed by atoms with van der Waals surface area (Å²) in [6.45, 7) is 2.54. The van der Waals surface area contributed by atoms with Crippen LogP contribution in [0.3, 0.4) is 0 Å². The Kier molecular flexibility index (Phi) is 5.08. The lowest BCUT2D eigenvalue weighted by Crippen LogP contribution is -2.30. The molecule has 108 valence electrons. The normalized spacial score (nSPS) is 12.3. The maximum Gasteiger partial charge on any atom is 0.222 e. The fraction of sp³-hybridized carbons (Fsp3) is 0.500. The topological polar surface area (TPSA) is 74.8 Å². The molecule has 0 radical (unpaired) electrons. The molecule has 1 N–H and O–H groups in total. The van der Waals surface area contributed by atoms with Gasteiger partial charge in [0.2, 0.25) is 5.91 Å². The Morgan fingerprint density at radius 3 is 3.00 bits per heavy atom. The Bertz CT molecular complexity index is 556. The molecule has 20 heavy (non-hydrogen) atoms. The van der Waals surface area contributed by atoms with Crippen molar-refractivity contribution in [3.63, 3.8) is 0 Å². The van der Waals surface area contributed by atoms with Crippen molar-refractivity contribution in [2.75, 3.05) is 13.6 Å². The zero-order valence-electron chi connectivity index (χ0n) is 11.3. The van der Waals surface area contributed by atoms with Crippen molar-refractivity contribution in [2.45, 2.75) is 25.7 Å². The molecule has 0 saturated carbocycles. The van der Waals surface area contributed by atoms with Gasteiger partial charge in [0.05, 0.1) is 5.02 Å². The number of nitrogens with zero attached hydrogens (tertiary/aromatic N) is 4. The van der Waals surface area contributed by atoms with Crippen LogP contribution >= 0.6 is 22.9 Å². The van der Waals surface area contributed by atoms with Crippen LogP contribution in [-0.4, -0.2) is 45.0 Å². The molecule has 0 aliphatic rings. The number of halogens is 1. The summed E-state index contributed by atoms with van der Waals surface area (Å²) in [6, 6.07) is 1.90. The maximum atomic E-state index is 12.1. The quantitative estimate of drug-likeness (QED) is 0.886. The number of rotatable bonds is 6. The molecule has 0 aromatic carbocycles. The lowest BCUT2D eigenvalue weighted by molar-refractivity contribution is -0.130. The highest BCUT2D eigenvalue weighted by molar-refractivity contribution is 7.10. The predicted molar refractivity (Wildman–Crippen MR) is 77.9 cm³/mol. The van der Waals surface area contributed by atoms with Gasteiger partial charge >= 0.3 is 0 Å². The zero-order valence-corrected chi connectivity index (χ0v) is 12.9. The lowest BCUT2D eigenvalue weighted by Gasteiger charge is -2.19. The third kappa shape index (κ3) is 4.01. The minimum Gasteiger partial charge on any atom is -0.345 e. The Morgan fingerprint density at radius 1 is 1.60 bits per heavy atom. The Hall–Kier alpha value is -1.47. The number of H-pyrrole nitrogens is 1. The van der Waals surface area contributed by atoms with Gasteiger partial charge in [0, 0.05) is 36.2 Å². The zero-order chi connectivity index (χ0) is 14.5. The molecule has 2 aromatic rings. The van der Waals surface area contributed by atoms with Crippen LogP contribution in [-0.2, 0) is 11.2 Å². The van der Waals surface area contributed by atoms with Gasteiger partial charge < -0.3 is 4.90 Å². The monoisotopic (exact) mass is 313 g/mol. The number of aromatic amines is 1. The highest BCUT2D eigenvalue weighted by atomic mass is 35.5. The van der Waals surface area contributed by atoms with Gasteiger partial charge in [0.25, 0.3) is 0 Å². The molecule has 2 rings (SSSR count). The molecule has 1 atom stereocenters. The van der Waals surface area contributed by atoms with E-state index in [9.17, 15) is 4.79 Å². The van der Waals surface area contributed by atoms with Crippen LogP contribution in [0.1, 0.15) is 30.0 Å². The van der Waals surface area contributed by atoms with E-state index in [2.05, 4.69) is 20.6 Å². The van der Waals surface area contributed by atoms with Gasteiger partial charge in [0.15, 0.2) is 5.82 Å². The number of aromatic nitrogens is 4. The number of likely N-dealkylation sites (N-methyl/N-ethyl adjacent to an activating group) is 1.